The molecule has 3 rings (SSSR count). The summed E-state index contributed by atoms with van der Waals surface area (Å²) in [6.07, 6.45) is -11.8. The summed E-state index contributed by atoms with van der Waals surface area (Å²) in [6.45, 7) is 0. The maximum Gasteiger partial charge on any atom is 0.460 e. The maximum absolute atomic E-state index is 14.4. The van der Waals surface area contributed by atoms with Gasteiger partial charge in [-0.05, 0) is 36.2 Å². The van der Waals surface area contributed by atoms with E-state index in [9.17, 15) is 74.6 Å². The Morgan fingerprint density at radius 1 is 0.510 bits per heavy atom. The van der Waals surface area contributed by atoms with Gasteiger partial charge in [-0.1, -0.05) is 54.6 Å². The zero-order valence-electron chi connectivity index (χ0n) is 23.7. The number of aliphatic imine (C=N–C) groups is 1. The molecule has 2 nitrogen and oxygen atoms in total. The fraction of sp³-hybridized carbons (Fsp3) is 0.333. The number of hydrogen-bond donors (Lipinski definition) is 0. The first kappa shape index (κ1) is 39.1. The third-order valence-electron chi connectivity index (χ3n) is 7.03. The molecule has 49 heavy (non-hydrogen) atoms. The van der Waals surface area contributed by atoms with Crippen LogP contribution in [0.3, 0.4) is 0 Å². The fourth-order valence-corrected chi connectivity index (χ4v) is 4.12. The fourth-order valence-electron chi connectivity index (χ4n) is 4.12. The van der Waals surface area contributed by atoms with Crippen LogP contribution >= 0.6 is 0 Å². The minimum Gasteiger partial charge on any atom is -0.248 e. The van der Waals surface area contributed by atoms with Crippen LogP contribution in [0.1, 0.15) is 28.7 Å². The normalized spacial score (nSPS) is 14.5. The molecule has 0 saturated heterocycles. The molecule has 0 radical (unpaired) electrons. The molecule has 3 aromatic carbocycles. The first-order valence-electron chi connectivity index (χ1n) is 13.1. The standard InChI is InChI=1S/C30H17F17N2/c31-23(32,24(33,34)25(35,36)26(37,38)27(39,40)28(41,42)29(43,44)30(45,46)47)15-14-17-6-10-20(11-7-17)22(19-4-2-1-3-5-19)49-21-12-8-18(16-48)9-13-21/h1-13H,14-15H2. The van der Waals surface area contributed by atoms with E-state index in [-0.39, 0.29) is 16.8 Å². The van der Waals surface area contributed by atoms with Crippen molar-refractivity contribution in [1.82, 2.24) is 0 Å². The van der Waals surface area contributed by atoms with Crippen LogP contribution in [-0.2, 0) is 6.42 Å². The van der Waals surface area contributed by atoms with Gasteiger partial charge in [0, 0.05) is 17.5 Å². The average molecular weight is 728 g/mol. The number of aryl methyl sites for hydroxylation is 1. The Morgan fingerprint density at radius 3 is 1.39 bits per heavy atom. The van der Waals surface area contributed by atoms with Crippen molar-refractivity contribution in [3.05, 3.63) is 101 Å². The van der Waals surface area contributed by atoms with Crippen molar-refractivity contribution in [3.63, 3.8) is 0 Å². The molecule has 0 aliphatic heterocycles. The molecule has 3 aromatic rings. The van der Waals surface area contributed by atoms with Crippen LogP contribution in [0, 0.1) is 11.3 Å². The van der Waals surface area contributed by atoms with Gasteiger partial charge < -0.3 is 0 Å². The van der Waals surface area contributed by atoms with Gasteiger partial charge >= 0.3 is 47.6 Å². The van der Waals surface area contributed by atoms with Gasteiger partial charge in [0.2, 0.25) is 0 Å². The summed E-state index contributed by atoms with van der Waals surface area (Å²) >= 11 is 0. The van der Waals surface area contributed by atoms with Crippen LogP contribution in [-0.4, -0.2) is 53.3 Å². The van der Waals surface area contributed by atoms with E-state index >= 15 is 0 Å². The predicted molar refractivity (Wildman–Crippen MR) is 138 cm³/mol. The minimum atomic E-state index is -8.66. The second kappa shape index (κ2) is 12.8. The third-order valence-corrected chi connectivity index (χ3v) is 7.03. The molecule has 0 amide bonds. The van der Waals surface area contributed by atoms with E-state index in [1.165, 1.54) is 36.4 Å². The summed E-state index contributed by atoms with van der Waals surface area (Å²) in [5, 5.41) is 8.96. The lowest BCUT2D eigenvalue weighted by Crippen LogP contribution is -2.74. The lowest BCUT2D eigenvalue weighted by Gasteiger charge is -2.42. The Hall–Kier alpha value is -4.37. The smallest absolute Gasteiger partial charge is 0.248 e. The highest BCUT2D eigenvalue weighted by atomic mass is 19.4. The molecule has 0 atom stereocenters. The summed E-state index contributed by atoms with van der Waals surface area (Å²) < 4.78 is 230. The number of nitriles is 1. The molecule has 0 saturated carbocycles. The van der Waals surface area contributed by atoms with Crippen molar-refractivity contribution < 1.29 is 74.6 Å². The summed E-state index contributed by atoms with van der Waals surface area (Å²) in [5.74, 6) is -56.5. The molecule has 266 valence electrons. The predicted octanol–water partition coefficient (Wildman–Crippen LogP) is 10.7. The highest BCUT2D eigenvalue weighted by Gasteiger charge is 2.95. The number of halogens is 17. The minimum absolute atomic E-state index is 0.226. The van der Waals surface area contributed by atoms with Gasteiger partial charge in [-0.15, -0.1) is 0 Å². The first-order valence-corrected chi connectivity index (χ1v) is 13.1. The molecule has 0 fully saturated rings. The molecule has 0 aromatic heterocycles. The van der Waals surface area contributed by atoms with E-state index in [0.29, 0.717) is 16.8 Å². The lowest BCUT2D eigenvalue weighted by atomic mass is 9.87. The molecule has 0 bridgehead atoms. The van der Waals surface area contributed by atoms with Crippen LogP contribution in [0.2, 0.25) is 0 Å². The third kappa shape index (κ3) is 6.65. The monoisotopic (exact) mass is 728 g/mol. The van der Waals surface area contributed by atoms with E-state index in [4.69, 9.17) is 5.26 Å². The van der Waals surface area contributed by atoms with Crippen LogP contribution in [0.15, 0.2) is 83.9 Å². The molecular weight excluding hydrogens is 711 g/mol. The van der Waals surface area contributed by atoms with Gasteiger partial charge in [0.25, 0.3) is 0 Å². The quantitative estimate of drug-likeness (QED) is 0.135. The van der Waals surface area contributed by atoms with E-state index in [1.807, 2.05) is 6.07 Å². The SMILES string of the molecule is N#Cc1ccc(N=C(c2ccccc2)c2ccc(CCC(F)(F)C(F)(F)C(F)(F)C(F)(F)C(F)(F)C(F)(F)C(F)(F)C(F)(F)F)cc2)cc1. The first-order chi connectivity index (χ1) is 22.2. The van der Waals surface area contributed by atoms with Gasteiger partial charge in [0.1, 0.15) is 0 Å². The van der Waals surface area contributed by atoms with Crippen molar-refractivity contribution in [2.45, 2.75) is 60.5 Å². The Bertz CT molecular complexity index is 1670. The molecule has 19 heteroatoms. The van der Waals surface area contributed by atoms with Crippen molar-refractivity contribution in [2.24, 2.45) is 4.99 Å². The number of rotatable bonds is 12. The molecule has 0 unspecified atom stereocenters. The van der Waals surface area contributed by atoms with Crippen LogP contribution in [0.5, 0.6) is 0 Å². The zero-order chi connectivity index (χ0) is 37.5. The van der Waals surface area contributed by atoms with E-state index in [0.717, 1.165) is 12.1 Å². The summed E-state index contributed by atoms with van der Waals surface area (Å²) in [6, 6.07) is 20.0. The second-order valence-electron chi connectivity index (χ2n) is 10.3. The number of nitrogens with zero attached hydrogens (tertiary/aromatic N) is 2. The van der Waals surface area contributed by atoms with Gasteiger partial charge in [-0.2, -0.15) is 79.9 Å². The highest BCUT2D eigenvalue weighted by molar-refractivity contribution is 6.13. The van der Waals surface area contributed by atoms with E-state index in [1.54, 1.807) is 30.3 Å². The molecule has 0 spiro atoms. The van der Waals surface area contributed by atoms with Crippen LogP contribution in [0.25, 0.3) is 0 Å². The van der Waals surface area contributed by atoms with Gasteiger partial charge in [-0.3, -0.25) is 0 Å². The Labute approximate surface area is 264 Å². The maximum atomic E-state index is 14.4. The number of alkyl halides is 17. The number of hydrogen-bond acceptors (Lipinski definition) is 2. The second-order valence-corrected chi connectivity index (χ2v) is 10.3. The Balaban J connectivity index is 1.91. The van der Waals surface area contributed by atoms with Gasteiger partial charge in [-0.25, -0.2) is 4.99 Å². The Morgan fingerprint density at radius 2 is 0.939 bits per heavy atom. The van der Waals surface area contributed by atoms with Gasteiger partial charge in [0.05, 0.1) is 23.0 Å². The van der Waals surface area contributed by atoms with E-state index in [2.05, 4.69) is 4.99 Å². The van der Waals surface area contributed by atoms with Crippen LogP contribution < -0.4 is 0 Å². The van der Waals surface area contributed by atoms with Crippen molar-refractivity contribution in [1.29, 1.82) is 5.26 Å². The topological polar surface area (TPSA) is 36.1 Å². The Kier molecular flexibility index (Phi) is 10.2. The molecular formula is C30H17F17N2. The van der Waals surface area contributed by atoms with Crippen molar-refractivity contribution >= 4 is 11.4 Å². The molecule has 0 N–H and O–H groups in total. The van der Waals surface area contributed by atoms with Crippen molar-refractivity contribution in [2.75, 3.05) is 0 Å². The summed E-state index contributed by atoms with van der Waals surface area (Å²) in [7, 11) is 0. The molecule has 0 aliphatic carbocycles. The lowest BCUT2D eigenvalue weighted by molar-refractivity contribution is -0.461. The van der Waals surface area contributed by atoms with Crippen LogP contribution in [0.4, 0.5) is 80.3 Å². The summed E-state index contributed by atoms with van der Waals surface area (Å²) in [5.41, 5.74) is 1.17. The molecule has 0 aliphatic rings. The summed E-state index contributed by atoms with van der Waals surface area (Å²) in [4.78, 5) is 4.45. The number of benzene rings is 3. The highest BCUT2D eigenvalue weighted by Crippen LogP contribution is 2.64. The average Bonchev–Trinajstić information content (AvgIpc) is 3.02. The zero-order valence-corrected chi connectivity index (χ0v) is 23.7. The van der Waals surface area contributed by atoms with Crippen molar-refractivity contribution in [3.8, 4) is 6.07 Å². The largest absolute Gasteiger partial charge is 0.460 e. The van der Waals surface area contributed by atoms with Gasteiger partial charge in [0.15, 0.2) is 0 Å². The van der Waals surface area contributed by atoms with E-state index < -0.39 is 60.5 Å². The molecule has 0 heterocycles.